The predicted molar refractivity (Wildman–Crippen MR) is 156 cm³/mol. The van der Waals surface area contributed by atoms with Crippen molar-refractivity contribution in [2.45, 2.75) is 61.7 Å². The molecule has 0 amide bonds. The van der Waals surface area contributed by atoms with E-state index >= 15 is 0 Å². The van der Waals surface area contributed by atoms with Crippen LogP contribution in [0.3, 0.4) is 0 Å². The lowest BCUT2D eigenvalue weighted by Gasteiger charge is -2.26. The van der Waals surface area contributed by atoms with Crippen LogP contribution < -0.4 is 11.5 Å². The summed E-state index contributed by atoms with van der Waals surface area (Å²) in [6.07, 6.45) is -3.53. The van der Waals surface area contributed by atoms with Crippen LogP contribution in [0.25, 0.3) is 15.9 Å². The Morgan fingerprint density at radius 2 is 1.33 bits per heavy atom. The summed E-state index contributed by atoms with van der Waals surface area (Å²) in [5.41, 5.74) is 10.5. The largest absolute Gasteiger partial charge is 0.394 e. The first-order valence-electron chi connectivity index (χ1n) is 12.9. The highest BCUT2D eigenvalue weighted by molar-refractivity contribution is 14.1. The molecule has 230 valence electrons. The van der Waals surface area contributed by atoms with Crippen molar-refractivity contribution >= 4 is 50.9 Å². The number of nitrogens with two attached hydrogens (primary N) is 2. The molecular weight excluding hydrogens is 681 g/mol. The first-order valence-corrected chi connectivity index (χ1v) is 14.0. The van der Waals surface area contributed by atoms with E-state index in [4.69, 9.17) is 27.5 Å². The summed E-state index contributed by atoms with van der Waals surface area (Å²) in [5.74, 6) is 0.446. The first-order chi connectivity index (χ1) is 20.3. The van der Waals surface area contributed by atoms with Gasteiger partial charge in [-0.15, -0.1) is 0 Å². The van der Waals surface area contributed by atoms with E-state index in [1.54, 1.807) is 6.07 Å². The Balaban J connectivity index is 0.000000171. The normalized spacial score (nSPS) is 32.2. The monoisotopic (exact) mass is 711 g/mol. The number of hydrogen-bond donors (Lipinski definition) is 8. The van der Waals surface area contributed by atoms with Crippen molar-refractivity contribution in [2.24, 2.45) is 0 Å². The smallest absolute Gasteiger partial charge is 0.217 e. The SMILES string of the molecule is C[C@@]1(O)[C@H](O)[C@@H](CO)O[C@H]1c1cc(I)c2c(N)ncnn12.[C-]#[N+]c1cc([C@@H]2O[C@H](CO)[C@@H](O)[C@@]2(C)O)n2ncnc(N)c12. The molecule has 0 saturated carbocycles. The van der Waals surface area contributed by atoms with E-state index in [2.05, 4.69) is 47.6 Å². The second kappa shape index (κ2) is 11.3. The minimum Gasteiger partial charge on any atom is -0.394 e. The van der Waals surface area contributed by atoms with Gasteiger partial charge in [0.05, 0.1) is 31.2 Å². The summed E-state index contributed by atoms with van der Waals surface area (Å²) in [7, 11) is 0. The first kappa shape index (κ1) is 31.2. The third-order valence-electron chi connectivity index (χ3n) is 7.76. The Hall–Kier alpha value is -3.26. The third-order valence-corrected chi connectivity index (χ3v) is 8.58. The maximum absolute atomic E-state index is 10.5. The highest BCUT2D eigenvalue weighted by atomic mass is 127. The van der Waals surface area contributed by atoms with Gasteiger partial charge >= 0.3 is 0 Å². The molecular formula is C25H30IN9O8. The second-order valence-corrected chi connectivity index (χ2v) is 11.8. The van der Waals surface area contributed by atoms with Gasteiger partial charge in [-0.2, -0.15) is 10.2 Å². The molecule has 8 atom stereocenters. The number of anilines is 2. The van der Waals surface area contributed by atoms with E-state index in [-0.39, 0.29) is 18.1 Å². The summed E-state index contributed by atoms with van der Waals surface area (Å²) < 4.78 is 14.9. The molecule has 2 saturated heterocycles. The lowest BCUT2D eigenvalue weighted by Crippen LogP contribution is -2.43. The fourth-order valence-corrected chi connectivity index (χ4v) is 6.26. The Labute approximate surface area is 257 Å². The number of nitrogens with zero attached hydrogens (tertiary/aromatic N) is 7. The minimum absolute atomic E-state index is 0.129. The molecule has 0 bridgehead atoms. The average molecular weight is 711 g/mol. The number of hydrogen-bond acceptors (Lipinski definition) is 14. The zero-order valence-corrected chi connectivity index (χ0v) is 25.0. The molecule has 4 aromatic rings. The van der Waals surface area contributed by atoms with Crippen molar-refractivity contribution in [3.63, 3.8) is 0 Å². The number of nitrogen functional groups attached to an aromatic ring is 2. The Morgan fingerprint density at radius 3 is 1.77 bits per heavy atom. The number of halogens is 1. The number of aliphatic hydroxyl groups excluding tert-OH is 4. The van der Waals surface area contributed by atoms with Gasteiger partial charge in [0.25, 0.3) is 0 Å². The van der Waals surface area contributed by atoms with Gasteiger partial charge in [0.15, 0.2) is 5.82 Å². The highest BCUT2D eigenvalue weighted by Gasteiger charge is 2.54. The molecule has 10 N–H and O–H groups in total. The van der Waals surface area contributed by atoms with Crippen LogP contribution in [0.2, 0.25) is 0 Å². The molecule has 2 aliphatic rings. The molecule has 0 spiro atoms. The zero-order valence-electron chi connectivity index (χ0n) is 22.9. The molecule has 2 fully saturated rings. The van der Waals surface area contributed by atoms with E-state index in [0.717, 1.165) is 3.57 Å². The standard InChI is InChI=1S/C13H15N5O4.C12H15IN4O4/c1-13(21)10(20)8(4-19)22-11(13)7-3-6(15-2)9-12(14)16-5-17-18(7)9;1-12(20)9(19)7(3-18)21-10(12)6-2-5(13)8-11(14)15-4-16-17(6)8/h3,5,8,10-11,19-21H,4H2,1H3,(H2,14,16,17);2,4,7,9-10,18-20H,3H2,1H3,(H2,14,15,16)/t8-,10-,11+,13-;7-,9-,10+,12-/m11/s1. The van der Waals surface area contributed by atoms with Crippen LogP contribution in [0.15, 0.2) is 24.8 Å². The quantitative estimate of drug-likeness (QED) is 0.0921. The van der Waals surface area contributed by atoms with Gasteiger partial charge in [-0.05, 0) is 48.6 Å². The van der Waals surface area contributed by atoms with Crippen LogP contribution in [0.5, 0.6) is 0 Å². The van der Waals surface area contributed by atoms with Crippen LogP contribution >= 0.6 is 22.6 Å². The minimum atomic E-state index is -1.65. The van der Waals surface area contributed by atoms with Crippen LogP contribution in [0.1, 0.15) is 37.4 Å². The van der Waals surface area contributed by atoms with Gasteiger partial charge in [-0.3, -0.25) is 0 Å². The maximum Gasteiger partial charge on any atom is 0.217 e. The van der Waals surface area contributed by atoms with Crippen molar-refractivity contribution < 1.29 is 40.1 Å². The summed E-state index contributed by atoms with van der Waals surface area (Å²) in [5, 5.41) is 67.9. The van der Waals surface area contributed by atoms with E-state index in [1.807, 2.05) is 0 Å². The highest BCUT2D eigenvalue weighted by Crippen LogP contribution is 2.44. The molecule has 2 aliphatic heterocycles. The lowest BCUT2D eigenvalue weighted by molar-refractivity contribution is -0.0665. The molecule has 6 rings (SSSR count). The van der Waals surface area contributed by atoms with Gasteiger partial charge in [-0.25, -0.2) is 23.8 Å². The van der Waals surface area contributed by atoms with Gasteiger partial charge in [0.1, 0.15) is 77.3 Å². The number of ether oxygens (including phenoxy) is 2. The molecule has 43 heavy (non-hydrogen) atoms. The number of aromatic nitrogens is 6. The van der Waals surface area contributed by atoms with Gasteiger partial charge in [-0.1, -0.05) is 0 Å². The van der Waals surface area contributed by atoms with Crippen molar-refractivity contribution in [3.05, 3.63) is 51.2 Å². The molecule has 0 unspecified atom stereocenters. The molecule has 18 heteroatoms. The number of aliphatic hydroxyl groups is 6. The van der Waals surface area contributed by atoms with E-state index in [0.29, 0.717) is 28.2 Å². The molecule has 4 aromatic heterocycles. The number of rotatable bonds is 4. The fraction of sp³-hybridized carbons (Fsp3) is 0.480. The van der Waals surface area contributed by atoms with Crippen molar-refractivity contribution in [1.82, 2.24) is 29.2 Å². The van der Waals surface area contributed by atoms with Gasteiger partial charge < -0.3 is 51.6 Å². The van der Waals surface area contributed by atoms with E-state index in [1.165, 1.54) is 41.6 Å². The fourth-order valence-electron chi connectivity index (χ4n) is 5.44. The molecule has 17 nitrogen and oxygen atoms in total. The number of fused-ring (bicyclic) bond motifs is 2. The van der Waals surface area contributed by atoms with E-state index < -0.39 is 54.4 Å². The summed E-state index contributed by atoms with van der Waals surface area (Å²) in [6, 6.07) is 3.26. The summed E-state index contributed by atoms with van der Waals surface area (Å²) >= 11 is 2.09. The predicted octanol–water partition coefficient (Wildman–Crippen LogP) is -1.13. The molecule has 6 heterocycles. The second-order valence-electron chi connectivity index (χ2n) is 10.6. The van der Waals surface area contributed by atoms with Crippen LogP contribution in [0.4, 0.5) is 17.3 Å². The molecule has 0 aliphatic carbocycles. The Bertz CT molecular complexity index is 1700. The lowest BCUT2D eigenvalue weighted by atomic mass is 9.91. The van der Waals surface area contributed by atoms with Crippen molar-refractivity contribution in [1.29, 1.82) is 0 Å². The average Bonchev–Trinajstić information content (AvgIpc) is 3.64. The Kier molecular flexibility index (Phi) is 8.22. The third kappa shape index (κ3) is 4.95. The van der Waals surface area contributed by atoms with Crippen LogP contribution in [-0.2, 0) is 9.47 Å². The van der Waals surface area contributed by atoms with Crippen molar-refractivity contribution in [3.8, 4) is 0 Å². The molecule has 0 aromatic carbocycles. The van der Waals surface area contributed by atoms with Crippen LogP contribution in [0, 0.1) is 10.1 Å². The topological polar surface area (TPSA) is 257 Å². The van der Waals surface area contributed by atoms with Gasteiger partial charge in [0, 0.05) is 3.57 Å². The summed E-state index contributed by atoms with van der Waals surface area (Å²) in [4.78, 5) is 11.2. The zero-order chi connectivity index (χ0) is 31.4. The molecule has 0 radical (unpaired) electrons. The van der Waals surface area contributed by atoms with Gasteiger partial charge in [0.2, 0.25) is 5.69 Å². The summed E-state index contributed by atoms with van der Waals surface area (Å²) in [6.45, 7) is 9.27. The van der Waals surface area contributed by atoms with Crippen molar-refractivity contribution in [2.75, 3.05) is 24.7 Å². The van der Waals surface area contributed by atoms with E-state index in [9.17, 15) is 30.6 Å². The maximum atomic E-state index is 10.5. The van der Waals surface area contributed by atoms with Crippen LogP contribution in [-0.4, -0.2) is 109 Å². The Morgan fingerprint density at radius 1 is 0.884 bits per heavy atom.